The number of benzene rings is 2. The van der Waals surface area contributed by atoms with Crippen molar-refractivity contribution in [3.8, 4) is 6.07 Å². The van der Waals surface area contributed by atoms with Crippen molar-refractivity contribution >= 4 is 21.6 Å². The number of hydrogen-bond donors (Lipinski definition) is 1. The molecular formula is C18H19BrN2. The fraction of sp³-hybridized carbons (Fsp3) is 0.278. The second-order valence-electron chi connectivity index (χ2n) is 5.49. The van der Waals surface area contributed by atoms with Crippen LogP contribution in [0.3, 0.4) is 0 Å². The van der Waals surface area contributed by atoms with E-state index < -0.39 is 0 Å². The van der Waals surface area contributed by atoms with Gasteiger partial charge in [0.2, 0.25) is 0 Å². The molecule has 0 saturated heterocycles. The molecule has 0 heterocycles. The lowest BCUT2D eigenvalue weighted by Gasteiger charge is -2.17. The van der Waals surface area contributed by atoms with Crippen LogP contribution in [0.1, 0.15) is 49.4 Å². The van der Waals surface area contributed by atoms with E-state index >= 15 is 0 Å². The first-order valence-electron chi connectivity index (χ1n) is 7.07. The summed E-state index contributed by atoms with van der Waals surface area (Å²) in [6.07, 6.45) is 0. The Kier molecular flexibility index (Phi) is 5.03. The molecule has 2 aromatic carbocycles. The van der Waals surface area contributed by atoms with Gasteiger partial charge in [0.15, 0.2) is 0 Å². The lowest BCUT2D eigenvalue weighted by molar-refractivity contribution is 0.852. The Morgan fingerprint density at radius 2 is 1.62 bits per heavy atom. The Hall–Kier alpha value is -1.79. The monoisotopic (exact) mass is 342 g/mol. The minimum Gasteiger partial charge on any atom is -0.377 e. The van der Waals surface area contributed by atoms with Gasteiger partial charge in [0, 0.05) is 10.5 Å². The Labute approximate surface area is 134 Å². The number of anilines is 1. The van der Waals surface area contributed by atoms with E-state index in [1.807, 2.05) is 18.2 Å². The van der Waals surface area contributed by atoms with Crippen LogP contribution < -0.4 is 5.32 Å². The first kappa shape index (κ1) is 15.6. The Morgan fingerprint density at radius 1 is 1.00 bits per heavy atom. The van der Waals surface area contributed by atoms with Gasteiger partial charge in [-0.25, -0.2) is 0 Å². The largest absolute Gasteiger partial charge is 0.377 e. The molecule has 1 atom stereocenters. The van der Waals surface area contributed by atoms with Gasteiger partial charge >= 0.3 is 0 Å². The Morgan fingerprint density at radius 3 is 2.19 bits per heavy atom. The molecule has 21 heavy (non-hydrogen) atoms. The van der Waals surface area contributed by atoms with E-state index in [-0.39, 0.29) is 6.04 Å². The average molecular weight is 343 g/mol. The van der Waals surface area contributed by atoms with Crippen molar-refractivity contribution in [1.29, 1.82) is 5.26 Å². The molecule has 0 saturated carbocycles. The summed E-state index contributed by atoms with van der Waals surface area (Å²) in [5.41, 5.74) is 4.06. The van der Waals surface area contributed by atoms with E-state index in [9.17, 15) is 5.26 Å². The molecule has 0 aliphatic carbocycles. The molecule has 0 aromatic heterocycles. The molecule has 2 aromatic rings. The topological polar surface area (TPSA) is 35.8 Å². The molecule has 0 spiro atoms. The number of rotatable bonds is 4. The second-order valence-corrected chi connectivity index (χ2v) is 6.40. The lowest BCUT2D eigenvalue weighted by atomic mass is 9.99. The number of nitrogens with zero attached hydrogens (tertiary/aromatic N) is 1. The predicted octanol–water partition coefficient (Wildman–Crippen LogP) is 5.62. The summed E-state index contributed by atoms with van der Waals surface area (Å²) in [5.74, 6) is 0.541. The number of halogens is 1. The van der Waals surface area contributed by atoms with Crippen molar-refractivity contribution < 1.29 is 0 Å². The highest BCUT2D eigenvalue weighted by molar-refractivity contribution is 9.10. The third kappa shape index (κ3) is 3.86. The minimum absolute atomic E-state index is 0.152. The molecule has 3 heteroatoms. The maximum absolute atomic E-state index is 9.21. The van der Waals surface area contributed by atoms with Gasteiger partial charge in [0.25, 0.3) is 0 Å². The van der Waals surface area contributed by atoms with Crippen LogP contribution in [-0.4, -0.2) is 0 Å². The SMILES string of the molecule is CC(C)c1ccc(C(C)Nc2ccc(Br)cc2C#N)cc1. The van der Waals surface area contributed by atoms with Crippen LogP contribution in [0.4, 0.5) is 5.69 Å². The van der Waals surface area contributed by atoms with E-state index in [0.29, 0.717) is 11.5 Å². The first-order chi connectivity index (χ1) is 10.0. The molecule has 0 fully saturated rings. The molecule has 0 bridgehead atoms. The zero-order valence-electron chi connectivity index (χ0n) is 12.5. The standard InChI is InChI=1S/C18H19BrN2/c1-12(2)14-4-6-15(7-5-14)13(3)21-18-9-8-17(19)10-16(18)11-20/h4-10,12-13,21H,1-3H3. The van der Waals surface area contributed by atoms with Crippen LogP contribution in [0, 0.1) is 11.3 Å². The molecule has 1 N–H and O–H groups in total. The van der Waals surface area contributed by atoms with E-state index in [4.69, 9.17) is 0 Å². The summed E-state index contributed by atoms with van der Waals surface area (Å²) in [6, 6.07) is 16.7. The third-order valence-electron chi connectivity index (χ3n) is 3.58. The van der Waals surface area contributed by atoms with Crippen molar-refractivity contribution in [3.63, 3.8) is 0 Å². The van der Waals surface area contributed by atoms with Gasteiger partial charge in [0.05, 0.1) is 11.3 Å². The highest BCUT2D eigenvalue weighted by atomic mass is 79.9. The molecule has 0 amide bonds. The maximum Gasteiger partial charge on any atom is 0.101 e. The molecule has 108 valence electrons. The molecule has 2 rings (SSSR count). The summed E-state index contributed by atoms with van der Waals surface area (Å²) in [7, 11) is 0. The van der Waals surface area contributed by atoms with Crippen molar-refractivity contribution in [3.05, 3.63) is 63.6 Å². The maximum atomic E-state index is 9.21. The average Bonchev–Trinajstić information content (AvgIpc) is 2.49. The molecule has 2 nitrogen and oxygen atoms in total. The Bertz CT molecular complexity index is 654. The number of nitriles is 1. The number of nitrogens with one attached hydrogen (secondary N) is 1. The fourth-order valence-corrected chi connectivity index (χ4v) is 2.58. The van der Waals surface area contributed by atoms with Gasteiger partial charge in [-0.15, -0.1) is 0 Å². The third-order valence-corrected chi connectivity index (χ3v) is 4.07. The van der Waals surface area contributed by atoms with Crippen LogP contribution >= 0.6 is 15.9 Å². The van der Waals surface area contributed by atoms with Crippen molar-refractivity contribution in [2.24, 2.45) is 0 Å². The van der Waals surface area contributed by atoms with Crippen LogP contribution in [0.15, 0.2) is 46.9 Å². The van der Waals surface area contributed by atoms with E-state index in [0.717, 1.165) is 10.2 Å². The van der Waals surface area contributed by atoms with Crippen LogP contribution in [0.25, 0.3) is 0 Å². The van der Waals surface area contributed by atoms with Crippen LogP contribution in [-0.2, 0) is 0 Å². The van der Waals surface area contributed by atoms with Crippen molar-refractivity contribution in [1.82, 2.24) is 0 Å². The Balaban J connectivity index is 2.18. The van der Waals surface area contributed by atoms with Crippen molar-refractivity contribution in [2.75, 3.05) is 5.32 Å². The molecular weight excluding hydrogens is 324 g/mol. The van der Waals surface area contributed by atoms with Gasteiger partial charge in [0.1, 0.15) is 6.07 Å². The fourth-order valence-electron chi connectivity index (χ4n) is 2.22. The quantitative estimate of drug-likeness (QED) is 0.782. The summed E-state index contributed by atoms with van der Waals surface area (Å²) >= 11 is 3.39. The van der Waals surface area contributed by atoms with E-state index in [2.05, 4.69) is 72.4 Å². The molecule has 0 radical (unpaired) electrons. The van der Waals surface area contributed by atoms with E-state index in [1.165, 1.54) is 11.1 Å². The minimum atomic E-state index is 0.152. The van der Waals surface area contributed by atoms with Gasteiger partial charge < -0.3 is 5.32 Å². The van der Waals surface area contributed by atoms with Crippen molar-refractivity contribution in [2.45, 2.75) is 32.7 Å². The molecule has 0 aliphatic heterocycles. The second kappa shape index (κ2) is 6.78. The van der Waals surface area contributed by atoms with Crippen LogP contribution in [0.2, 0.25) is 0 Å². The smallest absolute Gasteiger partial charge is 0.101 e. The zero-order chi connectivity index (χ0) is 15.4. The first-order valence-corrected chi connectivity index (χ1v) is 7.86. The predicted molar refractivity (Wildman–Crippen MR) is 91.4 cm³/mol. The summed E-state index contributed by atoms with van der Waals surface area (Å²) in [4.78, 5) is 0. The molecule has 0 aliphatic rings. The summed E-state index contributed by atoms with van der Waals surface area (Å²) in [5, 5.41) is 12.6. The van der Waals surface area contributed by atoms with Gasteiger partial charge in [-0.2, -0.15) is 5.26 Å². The summed E-state index contributed by atoms with van der Waals surface area (Å²) in [6.45, 7) is 6.49. The summed E-state index contributed by atoms with van der Waals surface area (Å²) < 4.78 is 0.915. The zero-order valence-corrected chi connectivity index (χ0v) is 14.1. The highest BCUT2D eigenvalue weighted by Gasteiger charge is 2.09. The van der Waals surface area contributed by atoms with Gasteiger partial charge in [-0.3, -0.25) is 0 Å². The van der Waals surface area contributed by atoms with E-state index in [1.54, 1.807) is 0 Å². The normalized spacial score (nSPS) is 12.0. The lowest BCUT2D eigenvalue weighted by Crippen LogP contribution is -2.08. The van der Waals surface area contributed by atoms with Gasteiger partial charge in [-0.05, 0) is 42.2 Å². The van der Waals surface area contributed by atoms with Crippen LogP contribution in [0.5, 0.6) is 0 Å². The highest BCUT2D eigenvalue weighted by Crippen LogP contribution is 2.26. The number of hydrogen-bond acceptors (Lipinski definition) is 2. The molecule has 1 unspecified atom stereocenters. The van der Waals surface area contributed by atoms with Gasteiger partial charge in [-0.1, -0.05) is 54.0 Å².